The third-order valence-electron chi connectivity index (χ3n) is 4.04. The number of carbonyl (C=O) groups is 2. The van der Waals surface area contributed by atoms with Gasteiger partial charge in [0.05, 0.1) is 32.2 Å². The highest BCUT2D eigenvalue weighted by Crippen LogP contribution is 2.34. The van der Waals surface area contributed by atoms with Crippen molar-refractivity contribution in [3.8, 4) is 5.88 Å². The summed E-state index contributed by atoms with van der Waals surface area (Å²) in [6.07, 6.45) is 3.25. The zero-order valence-electron chi connectivity index (χ0n) is 17.2. The Morgan fingerprint density at radius 3 is 2.77 bits per heavy atom. The first-order valence-corrected chi connectivity index (χ1v) is 10.5. The molecule has 0 amide bonds. The number of rotatable bonds is 15. The van der Waals surface area contributed by atoms with Crippen LogP contribution in [-0.2, 0) is 23.4 Å². The first-order chi connectivity index (χ1) is 14.5. The molecule has 0 saturated heterocycles. The number of nitrogen functional groups attached to an aromatic ring is 1. The monoisotopic (exact) mass is 442 g/mol. The number of nitrogens with two attached hydrogens (primary N) is 1. The number of hydrogen-bond donors (Lipinski definition) is 2. The molecule has 0 spiro atoms. The van der Waals surface area contributed by atoms with E-state index in [0.717, 1.165) is 0 Å². The van der Waals surface area contributed by atoms with E-state index < -0.39 is 8.53 Å². The Bertz CT molecular complexity index is 809. The number of aldehydes is 2. The van der Waals surface area contributed by atoms with Crippen LogP contribution in [-0.4, -0.2) is 71.7 Å². The number of ether oxygens (including phenoxy) is 2. The fourth-order valence-corrected chi connectivity index (χ4v) is 3.66. The van der Waals surface area contributed by atoms with E-state index >= 15 is 0 Å². The van der Waals surface area contributed by atoms with Crippen molar-refractivity contribution in [3.05, 3.63) is 6.33 Å². The van der Waals surface area contributed by atoms with Crippen molar-refractivity contribution in [2.24, 2.45) is 0 Å². The van der Waals surface area contributed by atoms with Gasteiger partial charge in [0.25, 0.3) is 8.53 Å². The van der Waals surface area contributed by atoms with Crippen LogP contribution < -0.4 is 15.6 Å². The molecule has 0 aliphatic carbocycles. The Morgan fingerprint density at radius 1 is 1.30 bits per heavy atom. The van der Waals surface area contributed by atoms with Gasteiger partial charge in [0.2, 0.25) is 11.8 Å². The Labute approximate surface area is 175 Å². The molecule has 30 heavy (non-hydrogen) atoms. The van der Waals surface area contributed by atoms with Crippen LogP contribution in [0.4, 0.5) is 5.95 Å². The molecule has 0 saturated carbocycles. The fourth-order valence-electron chi connectivity index (χ4n) is 2.68. The number of imidazole rings is 1. The van der Waals surface area contributed by atoms with Crippen LogP contribution in [0.25, 0.3) is 11.2 Å². The van der Waals surface area contributed by atoms with Gasteiger partial charge in [0.1, 0.15) is 19.2 Å². The molecule has 166 valence electrons. The molecule has 0 bridgehead atoms. The highest BCUT2D eigenvalue weighted by atomic mass is 31.2. The summed E-state index contributed by atoms with van der Waals surface area (Å²) >= 11 is 0. The second-order valence-electron chi connectivity index (χ2n) is 6.13. The lowest BCUT2D eigenvalue weighted by Gasteiger charge is -2.23. The molecule has 0 radical (unpaired) electrons. The van der Waals surface area contributed by atoms with Gasteiger partial charge >= 0.3 is 0 Å². The Balaban J connectivity index is 2.06. The summed E-state index contributed by atoms with van der Waals surface area (Å²) in [6, 6.07) is -0.0580. The van der Waals surface area contributed by atoms with E-state index in [1.54, 1.807) is 13.4 Å². The second kappa shape index (κ2) is 12.5. The molecule has 2 aromatic heterocycles. The third kappa shape index (κ3) is 6.64. The minimum Gasteiger partial charge on any atom is -0.476 e. The fraction of sp³-hybridized carbons (Fsp3) is 0.588. The van der Waals surface area contributed by atoms with Gasteiger partial charge < -0.3 is 38.4 Å². The third-order valence-corrected chi connectivity index (χ3v) is 5.25. The number of hydrogen-bond acceptors (Lipinski definition) is 11. The smallest absolute Gasteiger partial charge is 0.256 e. The maximum Gasteiger partial charge on any atom is 0.256 e. The molecular weight excluding hydrogens is 415 g/mol. The van der Waals surface area contributed by atoms with Gasteiger partial charge in [-0.2, -0.15) is 9.97 Å². The van der Waals surface area contributed by atoms with Crippen LogP contribution >= 0.6 is 8.53 Å². The maximum atomic E-state index is 10.6. The molecule has 3 atom stereocenters. The molecule has 0 fully saturated rings. The van der Waals surface area contributed by atoms with E-state index in [4.69, 9.17) is 24.3 Å². The quantitative estimate of drug-likeness (QED) is 0.300. The maximum absolute atomic E-state index is 10.6. The summed E-state index contributed by atoms with van der Waals surface area (Å²) in [6.45, 7) is 4.40. The molecule has 2 heterocycles. The first-order valence-electron chi connectivity index (χ1n) is 9.36. The van der Waals surface area contributed by atoms with Gasteiger partial charge in [0, 0.05) is 13.2 Å². The van der Waals surface area contributed by atoms with E-state index in [1.165, 1.54) is 0 Å². The molecule has 2 aromatic rings. The number of methoxy groups -OCH3 is 1. The summed E-state index contributed by atoms with van der Waals surface area (Å²) in [5.41, 5.74) is 6.92. The highest BCUT2D eigenvalue weighted by Gasteiger charge is 2.21. The van der Waals surface area contributed by atoms with Crippen LogP contribution in [0.2, 0.25) is 0 Å². The summed E-state index contributed by atoms with van der Waals surface area (Å²) in [7, 11) is -0.0103. The zero-order valence-corrected chi connectivity index (χ0v) is 18.1. The first kappa shape index (κ1) is 24.0. The normalized spacial score (nSPS) is 14.4. The van der Waals surface area contributed by atoms with Crippen molar-refractivity contribution in [1.82, 2.24) is 24.6 Å². The van der Waals surface area contributed by atoms with Crippen molar-refractivity contribution in [2.75, 3.05) is 39.2 Å². The van der Waals surface area contributed by atoms with Crippen molar-refractivity contribution >= 4 is 38.2 Å². The highest BCUT2D eigenvalue weighted by molar-refractivity contribution is 7.45. The largest absolute Gasteiger partial charge is 0.476 e. The number of fused-ring (bicyclic) bond motifs is 1. The predicted molar refractivity (Wildman–Crippen MR) is 110 cm³/mol. The minimum atomic E-state index is -1.59. The molecule has 3 unspecified atom stereocenters. The molecule has 0 aliphatic heterocycles. The Hall–Kier alpha value is -2.24. The van der Waals surface area contributed by atoms with Crippen LogP contribution in [0.1, 0.15) is 26.3 Å². The van der Waals surface area contributed by atoms with E-state index in [2.05, 4.69) is 20.0 Å². The molecule has 2 rings (SSSR count). The van der Waals surface area contributed by atoms with E-state index in [0.29, 0.717) is 42.6 Å². The molecule has 13 heteroatoms. The van der Waals surface area contributed by atoms with Crippen molar-refractivity contribution in [2.45, 2.75) is 32.4 Å². The van der Waals surface area contributed by atoms with Crippen LogP contribution in [0, 0.1) is 0 Å². The summed E-state index contributed by atoms with van der Waals surface area (Å²) in [4.78, 5) is 33.8. The second-order valence-corrected chi connectivity index (χ2v) is 7.48. The number of nitrogens with zero attached hydrogens (tertiary/aromatic N) is 4. The topological polar surface area (TPSA) is 153 Å². The predicted octanol–water partition coefficient (Wildman–Crippen LogP) is 1.02. The minimum absolute atomic E-state index is 0.0580. The van der Waals surface area contributed by atoms with E-state index in [9.17, 15) is 9.59 Å². The zero-order chi connectivity index (χ0) is 21.9. The lowest BCUT2D eigenvalue weighted by Crippen LogP contribution is -2.24. The summed E-state index contributed by atoms with van der Waals surface area (Å²) in [5, 5.41) is 2.79. The van der Waals surface area contributed by atoms with Gasteiger partial charge in [-0.3, -0.25) is 0 Å². The van der Waals surface area contributed by atoms with Gasteiger partial charge in [0.15, 0.2) is 11.2 Å². The van der Waals surface area contributed by atoms with Crippen LogP contribution in [0.5, 0.6) is 5.88 Å². The number of nitrogens with one attached hydrogen (secondary N) is 1. The van der Waals surface area contributed by atoms with Crippen molar-refractivity contribution in [3.63, 3.8) is 0 Å². The molecule has 0 aromatic carbocycles. The van der Waals surface area contributed by atoms with E-state index in [-0.39, 0.29) is 37.9 Å². The van der Waals surface area contributed by atoms with Crippen molar-refractivity contribution < 1.29 is 28.1 Å². The SMILES string of the molecule is CCOc1nc(N)nc2c1ncn2C(C)CC(COP(NCC=O)OCC=O)OC. The number of aromatic nitrogens is 4. The summed E-state index contributed by atoms with van der Waals surface area (Å²) < 4.78 is 23.8. The summed E-state index contributed by atoms with van der Waals surface area (Å²) in [5.74, 6) is 0.447. The van der Waals surface area contributed by atoms with Crippen LogP contribution in [0.3, 0.4) is 0 Å². The standard InChI is InChI=1S/C17H27N6O6P/c1-4-27-16-14-15(21-17(18)22-16)23(11-19-14)12(2)9-13(26-3)10-29-30(20-5-6-24)28-8-7-25/h6-7,11-13,20H,4-5,8-10H2,1-3H3,(H2,18,21,22). The van der Waals surface area contributed by atoms with E-state index in [1.807, 2.05) is 18.4 Å². The van der Waals surface area contributed by atoms with Gasteiger partial charge in [-0.1, -0.05) is 0 Å². The van der Waals surface area contributed by atoms with Crippen LogP contribution in [0.15, 0.2) is 6.33 Å². The number of anilines is 1. The average molecular weight is 442 g/mol. The molecule has 0 aliphatic rings. The van der Waals surface area contributed by atoms with Gasteiger partial charge in [-0.25, -0.2) is 10.1 Å². The average Bonchev–Trinajstić information content (AvgIpc) is 3.16. The lowest BCUT2D eigenvalue weighted by atomic mass is 10.1. The Morgan fingerprint density at radius 2 is 2.10 bits per heavy atom. The van der Waals surface area contributed by atoms with Gasteiger partial charge in [-0.05, 0) is 20.3 Å². The lowest BCUT2D eigenvalue weighted by molar-refractivity contribution is -0.109. The Kier molecular flexibility index (Phi) is 9.98. The van der Waals surface area contributed by atoms with Crippen molar-refractivity contribution in [1.29, 1.82) is 0 Å². The number of carbonyl (C=O) groups excluding carboxylic acids is 2. The van der Waals surface area contributed by atoms with Gasteiger partial charge in [-0.15, -0.1) is 0 Å². The molecule has 3 N–H and O–H groups in total. The molecular formula is C17H27N6O6P. The molecule has 12 nitrogen and oxygen atoms in total.